The van der Waals surface area contributed by atoms with E-state index in [1.807, 2.05) is 0 Å². The van der Waals surface area contributed by atoms with Crippen molar-refractivity contribution in [1.29, 1.82) is 0 Å². The van der Waals surface area contributed by atoms with Gasteiger partial charge in [0.2, 0.25) is 0 Å². The average molecular weight is 244 g/mol. The summed E-state index contributed by atoms with van der Waals surface area (Å²) in [6, 6.07) is 8.46. The fraction of sp³-hybridized carbons (Fsp3) is 0.357. The quantitative estimate of drug-likeness (QED) is 0.713. The molecule has 0 radical (unpaired) electrons. The second-order valence-electron chi connectivity index (χ2n) is 4.67. The number of aromatic nitrogens is 1. The van der Waals surface area contributed by atoms with Crippen molar-refractivity contribution in [3.05, 3.63) is 36.0 Å². The summed E-state index contributed by atoms with van der Waals surface area (Å²) >= 11 is 5.63. The predicted octanol–water partition coefficient (Wildman–Crippen LogP) is 2.95. The molecule has 0 amide bonds. The lowest BCUT2D eigenvalue weighted by atomic mass is 10.1. The van der Waals surface area contributed by atoms with Crippen LogP contribution in [-0.4, -0.2) is 27.5 Å². The van der Waals surface area contributed by atoms with E-state index in [1.54, 1.807) is 0 Å². The van der Waals surface area contributed by atoms with Gasteiger partial charge in [-0.05, 0) is 18.9 Å². The number of hydrogen-bond acceptors (Lipinski definition) is 1. The third-order valence-corrected chi connectivity index (χ3v) is 4.00. The van der Waals surface area contributed by atoms with Crippen LogP contribution in [0.15, 0.2) is 30.5 Å². The minimum atomic E-state index is 1.01. The van der Waals surface area contributed by atoms with Crippen molar-refractivity contribution in [1.82, 2.24) is 9.47 Å². The Labute approximate surface area is 107 Å². The second kappa shape index (κ2) is 4.15. The van der Waals surface area contributed by atoms with Crippen molar-refractivity contribution in [2.45, 2.75) is 12.8 Å². The first kappa shape index (κ1) is 10.8. The van der Waals surface area contributed by atoms with E-state index in [1.165, 1.54) is 29.3 Å². The van der Waals surface area contributed by atoms with Crippen molar-refractivity contribution in [2.75, 3.05) is 13.1 Å². The second-order valence-corrected chi connectivity index (χ2v) is 5.06. The van der Waals surface area contributed by atoms with Crippen LogP contribution < -0.4 is 0 Å². The lowest BCUT2D eigenvalue weighted by Gasteiger charge is -2.17. The van der Waals surface area contributed by atoms with Crippen molar-refractivity contribution >= 4 is 28.1 Å². The molecule has 17 heavy (non-hydrogen) atoms. The standard InChI is InChI=1S/C14H16N2S/c1-15-10-12(11-6-2-3-7-13(11)15)14(17)16-8-4-5-9-16/h2-3,6-7,10H,4-5,8-9H2,1H3. The average Bonchev–Trinajstić information content (AvgIpc) is 2.97. The molecule has 3 heteroatoms. The molecular weight excluding hydrogens is 228 g/mol. The molecule has 0 saturated carbocycles. The van der Waals surface area contributed by atoms with Crippen molar-refractivity contribution in [2.24, 2.45) is 7.05 Å². The van der Waals surface area contributed by atoms with Gasteiger partial charge in [-0.1, -0.05) is 30.4 Å². The Morgan fingerprint density at radius 1 is 1.18 bits per heavy atom. The van der Waals surface area contributed by atoms with E-state index in [2.05, 4.69) is 47.0 Å². The molecule has 1 saturated heterocycles. The Hall–Kier alpha value is -1.35. The highest BCUT2D eigenvalue weighted by atomic mass is 32.1. The van der Waals surface area contributed by atoms with Crippen LogP contribution >= 0.6 is 12.2 Å². The van der Waals surface area contributed by atoms with E-state index in [9.17, 15) is 0 Å². The summed E-state index contributed by atoms with van der Waals surface area (Å²) in [6.45, 7) is 2.23. The van der Waals surface area contributed by atoms with Crippen molar-refractivity contribution < 1.29 is 0 Å². The molecule has 1 aliphatic rings. The van der Waals surface area contributed by atoms with Crippen LogP contribution in [-0.2, 0) is 7.05 Å². The van der Waals surface area contributed by atoms with Crippen molar-refractivity contribution in [3.8, 4) is 0 Å². The zero-order chi connectivity index (χ0) is 11.8. The maximum Gasteiger partial charge on any atom is 0.111 e. The lowest BCUT2D eigenvalue weighted by molar-refractivity contribution is 0.530. The summed E-state index contributed by atoms with van der Waals surface area (Å²) in [5, 5.41) is 1.27. The Morgan fingerprint density at radius 3 is 2.65 bits per heavy atom. The van der Waals surface area contributed by atoms with Crippen LogP contribution in [0.25, 0.3) is 10.9 Å². The molecule has 2 aromatic rings. The monoisotopic (exact) mass is 244 g/mol. The minimum Gasteiger partial charge on any atom is -0.362 e. The number of rotatable bonds is 1. The lowest BCUT2D eigenvalue weighted by Crippen LogP contribution is -2.26. The van der Waals surface area contributed by atoms with Gasteiger partial charge in [-0.25, -0.2) is 0 Å². The molecule has 0 unspecified atom stereocenters. The number of para-hydroxylation sites is 1. The van der Waals surface area contributed by atoms with Gasteiger partial charge in [-0.2, -0.15) is 0 Å². The van der Waals surface area contributed by atoms with Gasteiger partial charge in [0.15, 0.2) is 0 Å². The van der Waals surface area contributed by atoms with Crippen LogP contribution in [0.2, 0.25) is 0 Å². The highest BCUT2D eigenvalue weighted by Gasteiger charge is 2.19. The van der Waals surface area contributed by atoms with Gasteiger partial charge in [0.05, 0.1) is 0 Å². The molecule has 1 fully saturated rings. The van der Waals surface area contributed by atoms with Crippen LogP contribution in [0.1, 0.15) is 18.4 Å². The Bertz CT molecular complexity index is 565. The Balaban J connectivity index is 2.08. The van der Waals surface area contributed by atoms with E-state index in [0.29, 0.717) is 0 Å². The largest absolute Gasteiger partial charge is 0.362 e. The van der Waals surface area contributed by atoms with Gasteiger partial charge >= 0.3 is 0 Å². The zero-order valence-corrected chi connectivity index (χ0v) is 10.8. The number of hydrogen-bond donors (Lipinski definition) is 0. The van der Waals surface area contributed by atoms with E-state index >= 15 is 0 Å². The molecule has 0 N–H and O–H groups in total. The van der Waals surface area contributed by atoms with Crippen LogP contribution in [0.5, 0.6) is 0 Å². The fourth-order valence-corrected chi connectivity index (χ4v) is 2.95. The predicted molar refractivity (Wildman–Crippen MR) is 75.4 cm³/mol. The van der Waals surface area contributed by atoms with E-state index in [0.717, 1.165) is 18.1 Å². The normalized spacial score (nSPS) is 15.7. The molecular formula is C14H16N2S. The van der Waals surface area contributed by atoms with E-state index in [4.69, 9.17) is 12.2 Å². The number of nitrogens with zero attached hydrogens (tertiary/aromatic N) is 2. The third kappa shape index (κ3) is 1.75. The Morgan fingerprint density at radius 2 is 1.88 bits per heavy atom. The molecule has 0 bridgehead atoms. The zero-order valence-electron chi connectivity index (χ0n) is 10.0. The molecule has 1 aliphatic heterocycles. The number of benzene rings is 1. The molecule has 2 heterocycles. The molecule has 0 aliphatic carbocycles. The summed E-state index contributed by atoms with van der Waals surface area (Å²) in [4.78, 5) is 3.34. The highest BCUT2D eigenvalue weighted by Crippen LogP contribution is 2.23. The summed E-state index contributed by atoms with van der Waals surface area (Å²) < 4.78 is 2.16. The number of fused-ring (bicyclic) bond motifs is 1. The van der Waals surface area contributed by atoms with E-state index in [-0.39, 0.29) is 0 Å². The first-order valence-electron chi connectivity index (χ1n) is 6.11. The fourth-order valence-electron chi connectivity index (χ4n) is 2.60. The van der Waals surface area contributed by atoms with Crippen LogP contribution in [0.3, 0.4) is 0 Å². The van der Waals surface area contributed by atoms with Gasteiger partial charge in [0, 0.05) is 42.8 Å². The van der Waals surface area contributed by atoms with Gasteiger partial charge in [-0.15, -0.1) is 0 Å². The van der Waals surface area contributed by atoms with Crippen LogP contribution in [0, 0.1) is 0 Å². The minimum absolute atomic E-state index is 1.01. The molecule has 88 valence electrons. The number of thiocarbonyl (C=S) groups is 1. The summed E-state index contributed by atoms with van der Waals surface area (Å²) in [7, 11) is 2.08. The maximum absolute atomic E-state index is 5.63. The summed E-state index contributed by atoms with van der Waals surface area (Å²) in [6.07, 6.45) is 4.70. The smallest absolute Gasteiger partial charge is 0.111 e. The maximum atomic E-state index is 5.63. The van der Waals surface area contributed by atoms with Gasteiger partial charge in [0.1, 0.15) is 4.99 Å². The number of aryl methyl sites for hydroxylation is 1. The first-order chi connectivity index (χ1) is 8.27. The highest BCUT2D eigenvalue weighted by molar-refractivity contribution is 7.80. The molecule has 0 atom stereocenters. The topological polar surface area (TPSA) is 8.17 Å². The number of likely N-dealkylation sites (tertiary alicyclic amines) is 1. The first-order valence-corrected chi connectivity index (χ1v) is 6.51. The summed E-state index contributed by atoms with van der Waals surface area (Å²) in [5.74, 6) is 0. The molecule has 2 nitrogen and oxygen atoms in total. The molecule has 1 aromatic heterocycles. The van der Waals surface area contributed by atoms with Gasteiger partial charge in [0.25, 0.3) is 0 Å². The van der Waals surface area contributed by atoms with Gasteiger partial charge < -0.3 is 9.47 Å². The van der Waals surface area contributed by atoms with Gasteiger partial charge in [-0.3, -0.25) is 0 Å². The van der Waals surface area contributed by atoms with E-state index < -0.39 is 0 Å². The Kier molecular flexibility index (Phi) is 2.63. The molecule has 3 rings (SSSR count). The molecule has 0 spiro atoms. The van der Waals surface area contributed by atoms with Crippen molar-refractivity contribution in [3.63, 3.8) is 0 Å². The summed E-state index contributed by atoms with van der Waals surface area (Å²) in [5.41, 5.74) is 2.46. The third-order valence-electron chi connectivity index (χ3n) is 3.52. The SMILES string of the molecule is Cn1cc(C(=S)N2CCCC2)c2ccccc21. The molecule has 1 aromatic carbocycles. The van der Waals surface area contributed by atoms with Crippen LogP contribution in [0.4, 0.5) is 0 Å².